The summed E-state index contributed by atoms with van der Waals surface area (Å²) in [4.78, 5) is 11.2. The van der Waals surface area contributed by atoms with Crippen LogP contribution < -0.4 is 0 Å². The maximum absolute atomic E-state index is 11.2. The standard InChI is InChI=1S/C13H15BrO/c1-10(13(9-15)7-2-8-13)11-3-5-12(14)6-4-11/h3-6,9-10H,2,7-8H2,1H3. The molecule has 1 saturated carbocycles. The SMILES string of the molecule is CC(c1ccc(Br)cc1)C1(C=O)CCC1. The van der Waals surface area contributed by atoms with Gasteiger partial charge >= 0.3 is 0 Å². The Labute approximate surface area is 99.0 Å². The van der Waals surface area contributed by atoms with Crippen LogP contribution in [0.15, 0.2) is 28.7 Å². The molecule has 0 amide bonds. The molecule has 1 atom stereocenters. The third kappa shape index (κ3) is 1.87. The fraction of sp³-hybridized carbons (Fsp3) is 0.462. The molecule has 0 saturated heterocycles. The minimum absolute atomic E-state index is 0.0756. The van der Waals surface area contributed by atoms with E-state index < -0.39 is 0 Å². The zero-order valence-electron chi connectivity index (χ0n) is 8.87. The maximum atomic E-state index is 11.2. The van der Waals surface area contributed by atoms with Gasteiger partial charge in [0.25, 0.3) is 0 Å². The number of hydrogen-bond acceptors (Lipinski definition) is 1. The molecule has 0 spiro atoms. The molecule has 0 bridgehead atoms. The van der Waals surface area contributed by atoms with Crippen molar-refractivity contribution >= 4 is 22.2 Å². The summed E-state index contributed by atoms with van der Waals surface area (Å²) in [5.41, 5.74) is 1.19. The Bertz CT molecular complexity index is 351. The van der Waals surface area contributed by atoms with Crippen LogP contribution in [0.1, 0.15) is 37.7 Å². The molecule has 1 aliphatic carbocycles. The van der Waals surface area contributed by atoms with Gasteiger partial charge in [-0.1, -0.05) is 41.4 Å². The summed E-state index contributed by atoms with van der Waals surface area (Å²) in [7, 11) is 0. The fourth-order valence-electron chi connectivity index (χ4n) is 2.32. The molecule has 15 heavy (non-hydrogen) atoms. The lowest BCUT2D eigenvalue weighted by atomic mass is 9.61. The lowest BCUT2D eigenvalue weighted by Crippen LogP contribution is -2.36. The van der Waals surface area contributed by atoms with Crippen LogP contribution in [0.2, 0.25) is 0 Å². The van der Waals surface area contributed by atoms with Gasteiger partial charge in [-0.25, -0.2) is 0 Å². The van der Waals surface area contributed by atoms with Crippen LogP contribution in [0.5, 0.6) is 0 Å². The first-order valence-electron chi connectivity index (χ1n) is 5.40. The van der Waals surface area contributed by atoms with Crippen molar-refractivity contribution < 1.29 is 4.79 Å². The van der Waals surface area contributed by atoms with E-state index in [0.29, 0.717) is 5.92 Å². The molecule has 1 aliphatic rings. The van der Waals surface area contributed by atoms with E-state index in [4.69, 9.17) is 0 Å². The van der Waals surface area contributed by atoms with E-state index in [9.17, 15) is 4.79 Å². The van der Waals surface area contributed by atoms with Gasteiger partial charge in [0.05, 0.1) is 0 Å². The number of aldehydes is 1. The fourth-order valence-corrected chi connectivity index (χ4v) is 2.59. The second-order valence-electron chi connectivity index (χ2n) is 4.48. The Kier molecular flexibility index (Phi) is 2.96. The van der Waals surface area contributed by atoms with Crippen molar-refractivity contribution in [3.63, 3.8) is 0 Å². The van der Waals surface area contributed by atoms with Crippen molar-refractivity contribution in [2.75, 3.05) is 0 Å². The predicted octanol–water partition coefficient (Wildman–Crippen LogP) is 3.92. The third-order valence-electron chi connectivity index (χ3n) is 3.75. The van der Waals surface area contributed by atoms with Gasteiger partial charge < -0.3 is 4.79 Å². The smallest absolute Gasteiger partial charge is 0.126 e. The molecular formula is C13H15BrO. The minimum Gasteiger partial charge on any atom is -0.303 e. The summed E-state index contributed by atoms with van der Waals surface area (Å²) in [6, 6.07) is 8.31. The summed E-state index contributed by atoms with van der Waals surface area (Å²) in [5, 5.41) is 0. The van der Waals surface area contributed by atoms with Crippen LogP contribution in [0.3, 0.4) is 0 Å². The van der Waals surface area contributed by atoms with Crippen LogP contribution in [0, 0.1) is 5.41 Å². The van der Waals surface area contributed by atoms with Gasteiger partial charge in [0.1, 0.15) is 6.29 Å². The zero-order chi connectivity index (χ0) is 10.9. The molecule has 1 unspecified atom stereocenters. The number of benzene rings is 1. The summed E-state index contributed by atoms with van der Waals surface area (Å²) < 4.78 is 1.09. The largest absolute Gasteiger partial charge is 0.303 e. The van der Waals surface area contributed by atoms with E-state index in [1.165, 1.54) is 18.3 Å². The highest BCUT2D eigenvalue weighted by Gasteiger charge is 2.42. The lowest BCUT2D eigenvalue weighted by molar-refractivity contribution is -0.121. The van der Waals surface area contributed by atoms with Gasteiger partial charge in [-0.15, -0.1) is 0 Å². The van der Waals surface area contributed by atoms with Crippen molar-refractivity contribution in [2.45, 2.75) is 32.1 Å². The Hall–Kier alpha value is -0.630. The monoisotopic (exact) mass is 266 g/mol. The second-order valence-corrected chi connectivity index (χ2v) is 5.39. The molecule has 0 aromatic heterocycles. The van der Waals surface area contributed by atoms with Crippen molar-refractivity contribution in [1.82, 2.24) is 0 Å². The molecule has 1 aromatic rings. The molecule has 0 radical (unpaired) electrons. The van der Waals surface area contributed by atoms with Gasteiger partial charge in [-0.3, -0.25) is 0 Å². The molecule has 0 N–H and O–H groups in total. The first kappa shape index (κ1) is 10.9. The summed E-state index contributed by atoms with van der Waals surface area (Å²) in [6.45, 7) is 2.16. The van der Waals surface area contributed by atoms with Gasteiger partial charge in [-0.05, 0) is 36.5 Å². The highest BCUT2D eigenvalue weighted by molar-refractivity contribution is 9.10. The number of rotatable bonds is 3. The van der Waals surface area contributed by atoms with E-state index in [-0.39, 0.29) is 5.41 Å². The topological polar surface area (TPSA) is 17.1 Å². The van der Waals surface area contributed by atoms with Crippen molar-refractivity contribution in [1.29, 1.82) is 0 Å². The van der Waals surface area contributed by atoms with E-state index in [1.54, 1.807) is 0 Å². The molecule has 1 nitrogen and oxygen atoms in total. The van der Waals surface area contributed by atoms with Crippen LogP contribution in [0.4, 0.5) is 0 Å². The van der Waals surface area contributed by atoms with Crippen LogP contribution in [0.25, 0.3) is 0 Å². The number of carbonyl (C=O) groups is 1. The van der Waals surface area contributed by atoms with Crippen LogP contribution in [-0.4, -0.2) is 6.29 Å². The quantitative estimate of drug-likeness (QED) is 0.758. The van der Waals surface area contributed by atoms with Gasteiger partial charge in [0.15, 0.2) is 0 Å². The van der Waals surface area contributed by atoms with E-state index >= 15 is 0 Å². The molecule has 80 valence electrons. The van der Waals surface area contributed by atoms with Crippen LogP contribution in [-0.2, 0) is 4.79 Å². The Balaban J connectivity index is 2.23. The van der Waals surface area contributed by atoms with Crippen LogP contribution >= 0.6 is 15.9 Å². The normalized spacial score (nSPS) is 20.4. The van der Waals surface area contributed by atoms with E-state index in [0.717, 1.165) is 17.3 Å². The summed E-state index contributed by atoms with van der Waals surface area (Å²) in [5.74, 6) is 0.344. The van der Waals surface area contributed by atoms with E-state index in [2.05, 4.69) is 35.0 Å². The molecule has 1 aromatic carbocycles. The lowest BCUT2D eigenvalue weighted by Gasteiger charge is -2.42. The Morgan fingerprint density at radius 3 is 2.33 bits per heavy atom. The van der Waals surface area contributed by atoms with E-state index in [1.807, 2.05) is 12.1 Å². The maximum Gasteiger partial charge on any atom is 0.126 e. The Morgan fingerprint density at radius 1 is 1.33 bits per heavy atom. The second kappa shape index (κ2) is 4.09. The van der Waals surface area contributed by atoms with Gasteiger partial charge in [-0.2, -0.15) is 0 Å². The summed E-state index contributed by atoms with van der Waals surface area (Å²) >= 11 is 3.42. The third-order valence-corrected chi connectivity index (χ3v) is 4.28. The molecule has 2 heteroatoms. The average Bonchev–Trinajstić information content (AvgIpc) is 2.18. The number of hydrogen-bond donors (Lipinski definition) is 0. The first-order valence-corrected chi connectivity index (χ1v) is 6.19. The first-order chi connectivity index (χ1) is 7.18. The molecule has 0 aliphatic heterocycles. The highest BCUT2D eigenvalue weighted by atomic mass is 79.9. The zero-order valence-corrected chi connectivity index (χ0v) is 10.5. The molecule has 1 fully saturated rings. The molecule has 2 rings (SSSR count). The molecular weight excluding hydrogens is 252 g/mol. The van der Waals surface area contributed by atoms with Gasteiger partial charge in [0, 0.05) is 9.89 Å². The average molecular weight is 267 g/mol. The van der Waals surface area contributed by atoms with Crippen molar-refractivity contribution in [3.05, 3.63) is 34.3 Å². The van der Waals surface area contributed by atoms with Crippen molar-refractivity contribution in [2.24, 2.45) is 5.41 Å². The predicted molar refractivity (Wildman–Crippen MR) is 64.9 cm³/mol. The van der Waals surface area contributed by atoms with Gasteiger partial charge in [0.2, 0.25) is 0 Å². The Morgan fingerprint density at radius 2 is 1.93 bits per heavy atom. The number of halogens is 1. The summed E-state index contributed by atoms with van der Waals surface area (Å²) in [6.07, 6.45) is 4.46. The van der Waals surface area contributed by atoms with Crippen molar-refractivity contribution in [3.8, 4) is 0 Å². The minimum atomic E-state index is -0.0756. The number of carbonyl (C=O) groups excluding carboxylic acids is 1. The highest BCUT2D eigenvalue weighted by Crippen LogP contribution is 2.49. The molecule has 0 heterocycles.